The van der Waals surface area contributed by atoms with E-state index in [4.69, 9.17) is 16.0 Å². The summed E-state index contributed by atoms with van der Waals surface area (Å²) in [4.78, 5) is 12.5. The third kappa shape index (κ3) is 2.54. The van der Waals surface area contributed by atoms with Crippen molar-refractivity contribution in [3.63, 3.8) is 0 Å². The Hall–Kier alpha value is -2.57. The summed E-state index contributed by atoms with van der Waals surface area (Å²) in [5.74, 6) is -1.11. The highest BCUT2D eigenvalue weighted by Gasteiger charge is 2.25. The molecule has 4 heteroatoms. The number of halogens is 1. The highest BCUT2D eigenvalue weighted by Crippen LogP contribution is 2.26. The van der Waals surface area contributed by atoms with E-state index < -0.39 is 5.92 Å². The van der Waals surface area contributed by atoms with Gasteiger partial charge in [0.25, 0.3) is 0 Å². The molecule has 0 radical (unpaired) electrons. The molecule has 0 N–H and O–H groups in total. The normalized spacial score (nSPS) is 12.0. The number of benzene rings is 2. The van der Waals surface area contributed by atoms with Crippen molar-refractivity contribution in [2.24, 2.45) is 0 Å². The van der Waals surface area contributed by atoms with Crippen molar-refractivity contribution in [1.29, 1.82) is 5.26 Å². The molecule has 1 heterocycles. The van der Waals surface area contributed by atoms with Gasteiger partial charge < -0.3 is 4.42 Å². The number of nitrogens with zero attached hydrogens (tertiary/aromatic N) is 1. The summed E-state index contributed by atoms with van der Waals surface area (Å²) in [6.07, 6.45) is 0. The van der Waals surface area contributed by atoms with E-state index in [0.29, 0.717) is 16.2 Å². The van der Waals surface area contributed by atoms with Gasteiger partial charge in [-0.05, 0) is 29.8 Å². The van der Waals surface area contributed by atoms with Crippen LogP contribution >= 0.6 is 11.6 Å². The van der Waals surface area contributed by atoms with Gasteiger partial charge in [0.05, 0.1) is 6.07 Å². The van der Waals surface area contributed by atoms with Crippen LogP contribution in [0.3, 0.4) is 0 Å². The Kier molecular flexibility index (Phi) is 3.47. The van der Waals surface area contributed by atoms with Crippen LogP contribution in [-0.4, -0.2) is 5.78 Å². The van der Waals surface area contributed by atoms with Crippen LogP contribution in [0.4, 0.5) is 0 Å². The first-order valence-electron chi connectivity index (χ1n) is 6.37. The van der Waals surface area contributed by atoms with Crippen LogP contribution in [0.25, 0.3) is 11.0 Å². The lowest BCUT2D eigenvalue weighted by molar-refractivity contribution is 0.0954. The number of carbonyl (C=O) groups excluding carboxylic acids is 1. The minimum absolute atomic E-state index is 0.183. The van der Waals surface area contributed by atoms with Gasteiger partial charge in [-0.2, -0.15) is 5.26 Å². The fraction of sp³-hybridized carbons (Fsp3) is 0.0588. The van der Waals surface area contributed by atoms with Crippen molar-refractivity contribution < 1.29 is 9.21 Å². The van der Waals surface area contributed by atoms with Gasteiger partial charge in [0.2, 0.25) is 5.78 Å². The molecule has 0 saturated heterocycles. The van der Waals surface area contributed by atoms with E-state index in [1.54, 1.807) is 36.4 Å². The number of hydrogen-bond acceptors (Lipinski definition) is 3. The quantitative estimate of drug-likeness (QED) is 0.665. The number of Topliss-reactive ketones (excluding diaryl/α,β-unsaturated/α-hetero) is 1. The Bertz CT molecular complexity index is 827. The fourth-order valence-electron chi connectivity index (χ4n) is 2.22. The molecule has 1 unspecified atom stereocenters. The van der Waals surface area contributed by atoms with E-state index in [1.165, 1.54) is 0 Å². The topological polar surface area (TPSA) is 54.0 Å². The van der Waals surface area contributed by atoms with E-state index in [-0.39, 0.29) is 11.5 Å². The molecule has 3 nitrogen and oxygen atoms in total. The molecule has 1 atom stereocenters. The maximum absolute atomic E-state index is 12.5. The average Bonchev–Trinajstić information content (AvgIpc) is 2.92. The molecule has 0 aliphatic rings. The second-order valence-electron chi connectivity index (χ2n) is 4.63. The molecule has 102 valence electrons. The lowest BCUT2D eigenvalue weighted by Crippen LogP contribution is -2.10. The fourth-order valence-corrected chi connectivity index (χ4v) is 2.41. The molecule has 3 rings (SSSR count). The van der Waals surface area contributed by atoms with E-state index >= 15 is 0 Å². The van der Waals surface area contributed by atoms with Gasteiger partial charge in [-0.1, -0.05) is 41.9 Å². The van der Waals surface area contributed by atoms with E-state index in [9.17, 15) is 10.1 Å². The SMILES string of the molecule is N#CC(C(=O)c1cc2ccccc2o1)c1cccc(Cl)c1. The van der Waals surface area contributed by atoms with Crippen LogP contribution in [-0.2, 0) is 0 Å². The Morgan fingerprint density at radius 3 is 2.67 bits per heavy atom. The first-order valence-corrected chi connectivity index (χ1v) is 6.75. The zero-order chi connectivity index (χ0) is 14.8. The first kappa shape index (κ1) is 13.4. The second kappa shape index (κ2) is 5.43. The molecule has 0 amide bonds. The third-order valence-electron chi connectivity index (χ3n) is 3.24. The number of hydrogen-bond donors (Lipinski definition) is 0. The highest BCUT2D eigenvalue weighted by molar-refractivity contribution is 6.30. The van der Waals surface area contributed by atoms with Crippen LogP contribution in [0.2, 0.25) is 5.02 Å². The summed E-state index contributed by atoms with van der Waals surface area (Å²) in [6, 6.07) is 17.8. The highest BCUT2D eigenvalue weighted by atomic mass is 35.5. The molecule has 0 fully saturated rings. The predicted molar refractivity (Wildman–Crippen MR) is 80.4 cm³/mol. The van der Waals surface area contributed by atoms with Crippen molar-refractivity contribution in [1.82, 2.24) is 0 Å². The molecule has 21 heavy (non-hydrogen) atoms. The lowest BCUT2D eigenvalue weighted by atomic mass is 9.95. The molecule has 0 aliphatic carbocycles. The summed E-state index contributed by atoms with van der Waals surface area (Å²) in [5, 5.41) is 10.6. The largest absolute Gasteiger partial charge is 0.453 e. The summed E-state index contributed by atoms with van der Waals surface area (Å²) >= 11 is 5.92. The average molecular weight is 296 g/mol. The van der Waals surface area contributed by atoms with Gasteiger partial charge in [0.1, 0.15) is 11.5 Å². The molecule has 1 aromatic heterocycles. The van der Waals surface area contributed by atoms with Gasteiger partial charge in [-0.3, -0.25) is 4.79 Å². The number of carbonyl (C=O) groups is 1. The Morgan fingerprint density at radius 1 is 1.14 bits per heavy atom. The zero-order valence-electron chi connectivity index (χ0n) is 10.9. The predicted octanol–water partition coefficient (Wildman–Crippen LogP) is 4.58. The Morgan fingerprint density at radius 2 is 1.95 bits per heavy atom. The van der Waals surface area contributed by atoms with Gasteiger partial charge in [0.15, 0.2) is 5.76 Å². The minimum atomic E-state index is -0.927. The van der Waals surface area contributed by atoms with Crippen LogP contribution in [0.5, 0.6) is 0 Å². The van der Waals surface area contributed by atoms with Gasteiger partial charge >= 0.3 is 0 Å². The van der Waals surface area contributed by atoms with Crippen LogP contribution in [0, 0.1) is 11.3 Å². The van der Waals surface area contributed by atoms with Crippen LogP contribution in [0.15, 0.2) is 59.0 Å². The smallest absolute Gasteiger partial charge is 0.219 e. The van der Waals surface area contributed by atoms with Crippen molar-refractivity contribution >= 4 is 28.4 Å². The summed E-state index contributed by atoms with van der Waals surface area (Å²) in [6.45, 7) is 0. The number of furan rings is 1. The zero-order valence-corrected chi connectivity index (χ0v) is 11.7. The minimum Gasteiger partial charge on any atom is -0.453 e. The van der Waals surface area contributed by atoms with Gasteiger partial charge in [-0.25, -0.2) is 0 Å². The maximum atomic E-state index is 12.5. The number of rotatable bonds is 3. The Balaban J connectivity index is 2.01. The molecule has 0 bridgehead atoms. The maximum Gasteiger partial charge on any atom is 0.219 e. The number of ketones is 1. The molecule has 0 saturated carbocycles. The van der Waals surface area contributed by atoms with Gasteiger partial charge in [0, 0.05) is 10.4 Å². The van der Waals surface area contributed by atoms with E-state index in [2.05, 4.69) is 0 Å². The summed E-state index contributed by atoms with van der Waals surface area (Å²) < 4.78 is 5.53. The number of para-hydroxylation sites is 1. The molecule has 2 aromatic carbocycles. The van der Waals surface area contributed by atoms with E-state index in [0.717, 1.165) is 5.39 Å². The van der Waals surface area contributed by atoms with Crippen LogP contribution in [0.1, 0.15) is 22.0 Å². The van der Waals surface area contributed by atoms with Gasteiger partial charge in [-0.15, -0.1) is 0 Å². The number of nitriles is 1. The van der Waals surface area contributed by atoms with Crippen molar-refractivity contribution in [3.8, 4) is 6.07 Å². The monoisotopic (exact) mass is 295 g/mol. The first-order chi connectivity index (χ1) is 10.2. The summed E-state index contributed by atoms with van der Waals surface area (Å²) in [7, 11) is 0. The van der Waals surface area contributed by atoms with Crippen LogP contribution < -0.4 is 0 Å². The number of fused-ring (bicyclic) bond motifs is 1. The summed E-state index contributed by atoms with van der Waals surface area (Å²) in [5.41, 5.74) is 1.19. The Labute approximate surface area is 126 Å². The van der Waals surface area contributed by atoms with E-state index in [1.807, 2.05) is 24.3 Å². The molecule has 3 aromatic rings. The standard InChI is InChI=1S/C17H10ClNO2/c18-13-6-3-5-11(8-13)14(10-19)17(20)16-9-12-4-1-2-7-15(12)21-16/h1-9,14H. The van der Waals surface area contributed by atoms with Crippen molar-refractivity contribution in [2.45, 2.75) is 5.92 Å². The van der Waals surface area contributed by atoms with Crippen molar-refractivity contribution in [2.75, 3.05) is 0 Å². The van der Waals surface area contributed by atoms with Crippen molar-refractivity contribution in [3.05, 3.63) is 70.9 Å². The lowest BCUT2D eigenvalue weighted by Gasteiger charge is -2.06. The molecule has 0 aliphatic heterocycles. The molecular weight excluding hydrogens is 286 g/mol. The molecular formula is C17H10ClNO2. The molecule has 0 spiro atoms. The third-order valence-corrected chi connectivity index (χ3v) is 3.48. The second-order valence-corrected chi connectivity index (χ2v) is 5.07.